The van der Waals surface area contributed by atoms with Gasteiger partial charge in [0.25, 0.3) is 11.1 Å². The first-order valence-corrected chi connectivity index (χ1v) is 10.7. The number of oxazole rings is 1. The summed E-state index contributed by atoms with van der Waals surface area (Å²) in [6.45, 7) is -0.262. The Morgan fingerprint density at radius 2 is 1.86 bits per heavy atom. The maximum atomic E-state index is 12.5. The van der Waals surface area contributed by atoms with Crippen molar-refractivity contribution in [3.05, 3.63) is 59.7 Å². The molecular formula is C22H22N2O4S. The van der Waals surface area contributed by atoms with E-state index in [0.29, 0.717) is 16.5 Å². The number of esters is 1. The average Bonchev–Trinajstić information content (AvgIpc) is 3.40. The van der Waals surface area contributed by atoms with Gasteiger partial charge in [-0.1, -0.05) is 54.9 Å². The van der Waals surface area contributed by atoms with E-state index in [9.17, 15) is 9.59 Å². The zero-order valence-corrected chi connectivity index (χ0v) is 16.7. The van der Waals surface area contributed by atoms with E-state index < -0.39 is 5.97 Å². The Hall–Kier alpha value is -2.80. The third kappa shape index (κ3) is 4.98. The van der Waals surface area contributed by atoms with Crippen molar-refractivity contribution in [2.24, 2.45) is 0 Å². The van der Waals surface area contributed by atoms with E-state index in [2.05, 4.69) is 10.3 Å². The van der Waals surface area contributed by atoms with Gasteiger partial charge < -0.3 is 14.5 Å². The van der Waals surface area contributed by atoms with Crippen molar-refractivity contribution in [1.29, 1.82) is 0 Å². The molecular weight excluding hydrogens is 388 g/mol. The first kappa shape index (κ1) is 19.5. The number of rotatable bonds is 7. The Labute approximate surface area is 173 Å². The normalized spacial score (nSPS) is 14.2. The van der Waals surface area contributed by atoms with Crippen LogP contribution in [0.25, 0.3) is 11.1 Å². The molecule has 29 heavy (non-hydrogen) atoms. The van der Waals surface area contributed by atoms with Crippen LogP contribution in [0.5, 0.6) is 0 Å². The first-order chi connectivity index (χ1) is 14.2. The number of ether oxygens (including phenoxy) is 1. The van der Waals surface area contributed by atoms with Crippen molar-refractivity contribution in [2.75, 3.05) is 6.61 Å². The van der Waals surface area contributed by atoms with Crippen molar-refractivity contribution < 1.29 is 18.7 Å². The lowest BCUT2D eigenvalue weighted by Crippen LogP contribution is -2.36. The predicted molar refractivity (Wildman–Crippen MR) is 111 cm³/mol. The number of thioether (sulfide) groups is 1. The molecule has 1 amide bonds. The molecule has 0 bridgehead atoms. The number of amides is 1. The summed E-state index contributed by atoms with van der Waals surface area (Å²) >= 11 is 1.41. The van der Waals surface area contributed by atoms with Gasteiger partial charge in [-0.2, -0.15) is 0 Å². The number of carbonyl (C=O) groups excluding carboxylic acids is 2. The lowest BCUT2D eigenvalue weighted by atomic mass is 10.1. The standard InChI is InChI=1S/C22H22N2O4S/c25-20(23-16-8-2-3-9-16)13-27-21(26)17-10-4-1-7-15(17)14-29-22-24-18-11-5-6-12-19(18)28-22/h1,4-7,10-12,16H,2-3,8-9,13-14H2,(H,23,25). The maximum absolute atomic E-state index is 12.5. The summed E-state index contributed by atoms with van der Waals surface area (Å²) in [5, 5.41) is 3.47. The SMILES string of the molecule is O=C(COC(=O)c1ccccc1CSc1nc2ccccc2o1)NC1CCCC1. The molecule has 4 rings (SSSR count). The van der Waals surface area contributed by atoms with Gasteiger partial charge in [0.1, 0.15) is 5.52 Å². The molecule has 1 aliphatic rings. The Morgan fingerprint density at radius 3 is 2.69 bits per heavy atom. The highest BCUT2D eigenvalue weighted by Crippen LogP contribution is 2.27. The van der Waals surface area contributed by atoms with Crippen LogP contribution in [-0.2, 0) is 15.3 Å². The molecule has 0 saturated heterocycles. The number of hydrogen-bond donors (Lipinski definition) is 1. The zero-order chi connectivity index (χ0) is 20.1. The number of hydrogen-bond acceptors (Lipinski definition) is 6. The third-order valence-electron chi connectivity index (χ3n) is 4.92. The van der Waals surface area contributed by atoms with Gasteiger partial charge in [0, 0.05) is 11.8 Å². The summed E-state index contributed by atoms with van der Waals surface area (Å²) < 4.78 is 11.0. The molecule has 0 atom stereocenters. The number of fused-ring (bicyclic) bond motifs is 1. The van der Waals surface area contributed by atoms with E-state index in [0.717, 1.165) is 42.3 Å². The largest absolute Gasteiger partial charge is 0.452 e. The summed E-state index contributed by atoms with van der Waals surface area (Å²) in [6, 6.07) is 15.0. The van der Waals surface area contributed by atoms with Crippen LogP contribution in [0.3, 0.4) is 0 Å². The minimum Gasteiger partial charge on any atom is -0.452 e. The molecule has 6 nitrogen and oxygen atoms in total. The number of aromatic nitrogens is 1. The van der Waals surface area contributed by atoms with E-state index >= 15 is 0 Å². The van der Waals surface area contributed by atoms with Gasteiger partial charge in [0.2, 0.25) is 0 Å². The van der Waals surface area contributed by atoms with E-state index in [-0.39, 0.29) is 18.6 Å². The number of nitrogens with one attached hydrogen (secondary N) is 1. The van der Waals surface area contributed by atoms with Crippen LogP contribution < -0.4 is 5.32 Å². The van der Waals surface area contributed by atoms with E-state index in [1.54, 1.807) is 12.1 Å². The summed E-state index contributed by atoms with van der Waals surface area (Å²) in [5.74, 6) is -0.240. The fourth-order valence-electron chi connectivity index (χ4n) is 3.45. The minimum atomic E-state index is -0.500. The second-order valence-corrected chi connectivity index (χ2v) is 7.94. The van der Waals surface area contributed by atoms with Gasteiger partial charge in [-0.05, 0) is 36.6 Å². The van der Waals surface area contributed by atoms with Gasteiger partial charge in [-0.15, -0.1) is 0 Å². The lowest BCUT2D eigenvalue weighted by molar-refractivity contribution is -0.124. The highest BCUT2D eigenvalue weighted by molar-refractivity contribution is 7.98. The number of para-hydroxylation sites is 2. The minimum absolute atomic E-state index is 0.209. The van der Waals surface area contributed by atoms with Crippen LogP contribution in [0.2, 0.25) is 0 Å². The van der Waals surface area contributed by atoms with Crippen LogP contribution in [0.15, 0.2) is 58.2 Å². The second-order valence-electron chi connectivity index (χ2n) is 7.02. The Morgan fingerprint density at radius 1 is 1.10 bits per heavy atom. The maximum Gasteiger partial charge on any atom is 0.338 e. The quantitative estimate of drug-likeness (QED) is 0.461. The van der Waals surface area contributed by atoms with Crippen LogP contribution in [0.1, 0.15) is 41.6 Å². The van der Waals surface area contributed by atoms with Gasteiger partial charge >= 0.3 is 5.97 Å². The average molecular weight is 410 g/mol. The van der Waals surface area contributed by atoms with Crippen molar-refractivity contribution in [3.8, 4) is 0 Å². The molecule has 1 N–H and O–H groups in total. The molecule has 1 fully saturated rings. The molecule has 0 aliphatic heterocycles. The Balaban J connectivity index is 1.35. The highest BCUT2D eigenvalue weighted by atomic mass is 32.2. The van der Waals surface area contributed by atoms with Crippen molar-refractivity contribution >= 4 is 34.7 Å². The number of nitrogens with zero attached hydrogens (tertiary/aromatic N) is 1. The summed E-state index contributed by atoms with van der Waals surface area (Å²) in [7, 11) is 0. The smallest absolute Gasteiger partial charge is 0.338 e. The first-order valence-electron chi connectivity index (χ1n) is 9.72. The van der Waals surface area contributed by atoms with E-state index in [4.69, 9.17) is 9.15 Å². The molecule has 150 valence electrons. The molecule has 0 radical (unpaired) electrons. The fourth-order valence-corrected chi connectivity index (χ4v) is 4.29. The Bertz CT molecular complexity index is 978. The molecule has 7 heteroatoms. The second kappa shape index (κ2) is 9.13. The monoisotopic (exact) mass is 410 g/mol. The topological polar surface area (TPSA) is 81.4 Å². The molecule has 1 heterocycles. The molecule has 0 unspecified atom stereocenters. The molecule has 1 aliphatic carbocycles. The highest BCUT2D eigenvalue weighted by Gasteiger charge is 2.19. The lowest BCUT2D eigenvalue weighted by Gasteiger charge is -2.12. The molecule has 2 aromatic carbocycles. The zero-order valence-electron chi connectivity index (χ0n) is 15.9. The summed E-state index contributed by atoms with van der Waals surface area (Å²) in [5.41, 5.74) is 2.79. The van der Waals surface area contributed by atoms with Gasteiger partial charge in [0.05, 0.1) is 5.56 Å². The summed E-state index contributed by atoms with van der Waals surface area (Å²) in [6.07, 6.45) is 4.26. The van der Waals surface area contributed by atoms with Crippen LogP contribution >= 0.6 is 11.8 Å². The van der Waals surface area contributed by atoms with E-state index in [1.165, 1.54) is 11.8 Å². The van der Waals surface area contributed by atoms with Crippen LogP contribution in [0, 0.1) is 0 Å². The Kier molecular flexibility index (Phi) is 6.14. The van der Waals surface area contributed by atoms with Crippen molar-refractivity contribution in [1.82, 2.24) is 10.3 Å². The fraction of sp³-hybridized carbons (Fsp3) is 0.318. The van der Waals surface area contributed by atoms with E-state index in [1.807, 2.05) is 36.4 Å². The summed E-state index contributed by atoms with van der Waals surface area (Å²) in [4.78, 5) is 28.9. The molecule has 1 saturated carbocycles. The molecule has 3 aromatic rings. The van der Waals surface area contributed by atoms with Crippen molar-refractivity contribution in [3.63, 3.8) is 0 Å². The number of benzene rings is 2. The predicted octanol–water partition coefficient (Wildman–Crippen LogP) is 4.34. The van der Waals surface area contributed by atoms with Gasteiger partial charge in [-0.3, -0.25) is 4.79 Å². The third-order valence-corrected chi connectivity index (χ3v) is 5.79. The van der Waals surface area contributed by atoms with Gasteiger partial charge in [-0.25, -0.2) is 9.78 Å². The number of carbonyl (C=O) groups is 2. The van der Waals surface area contributed by atoms with Crippen molar-refractivity contribution in [2.45, 2.75) is 42.7 Å². The molecule has 1 aromatic heterocycles. The van der Waals surface area contributed by atoms with Crippen LogP contribution in [0.4, 0.5) is 0 Å². The molecule has 0 spiro atoms. The van der Waals surface area contributed by atoms with Gasteiger partial charge in [0.15, 0.2) is 12.2 Å². The van der Waals surface area contributed by atoms with Crippen LogP contribution in [-0.4, -0.2) is 29.5 Å².